The minimum Gasteiger partial charge on any atom is -0.508 e. The Morgan fingerprint density at radius 2 is 1.86 bits per heavy atom. The van der Waals surface area contributed by atoms with E-state index in [0.29, 0.717) is 15.2 Å². The molecule has 0 atom stereocenters. The lowest BCUT2D eigenvalue weighted by Crippen LogP contribution is -1.81. The van der Waals surface area contributed by atoms with Crippen LogP contribution in [0.3, 0.4) is 0 Å². The molecular weight excluding hydrogens is 251 g/mol. The predicted octanol–water partition coefficient (Wildman–Crippen LogP) is 3.15. The Labute approximate surface area is 87.7 Å². The molecule has 0 spiro atoms. The number of hydrogen-bond donors (Lipinski definition) is 2. The first-order valence-electron chi connectivity index (χ1n) is 3.89. The Bertz CT molecular complexity index is 511. The molecule has 0 fully saturated rings. The molecule has 0 saturated carbocycles. The molecule has 0 aliphatic heterocycles. The van der Waals surface area contributed by atoms with Gasteiger partial charge in [-0.3, -0.25) is 0 Å². The lowest BCUT2D eigenvalue weighted by molar-refractivity contribution is 0.438. The van der Waals surface area contributed by atoms with Gasteiger partial charge in [-0.25, -0.2) is 4.39 Å². The van der Waals surface area contributed by atoms with Crippen molar-refractivity contribution in [3.63, 3.8) is 0 Å². The van der Waals surface area contributed by atoms with Crippen LogP contribution in [0.15, 0.2) is 28.7 Å². The summed E-state index contributed by atoms with van der Waals surface area (Å²) >= 11 is 3.15. The van der Waals surface area contributed by atoms with Crippen LogP contribution in [-0.4, -0.2) is 10.2 Å². The second-order valence-electron chi connectivity index (χ2n) is 2.92. The first kappa shape index (κ1) is 9.27. The number of aromatic hydroxyl groups is 2. The first-order chi connectivity index (χ1) is 6.59. The molecule has 2 nitrogen and oxygen atoms in total. The lowest BCUT2D eigenvalue weighted by Gasteiger charge is -2.05. The van der Waals surface area contributed by atoms with Crippen molar-refractivity contribution in [3.8, 4) is 11.5 Å². The Morgan fingerprint density at radius 3 is 2.57 bits per heavy atom. The van der Waals surface area contributed by atoms with E-state index in [-0.39, 0.29) is 5.75 Å². The largest absolute Gasteiger partial charge is 0.508 e. The highest BCUT2D eigenvalue weighted by molar-refractivity contribution is 9.10. The van der Waals surface area contributed by atoms with Crippen molar-refractivity contribution in [1.82, 2.24) is 0 Å². The van der Waals surface area contributed by atoms with Crippen molar-refractivity contribution in [1.29, 1.82) is 0 Å². The van der Waals surface area contributed by atoms with Crippen LogP contribution in [0, 0.1) is 5.82 Å². The van der Waals surface area contributed by atoms with E-state index in [1.165, 1.54) is 18.2 Å². The van der Waals surface area contributed by atoms with Crippen LogP contribution in [0.25, 0.3) is 10.8 Å². The van der Waals surface area contributed by atoms with Crippen LogP contribution >= 0.6 is 15.9 Å². The quantitative estimate of drug-likeness (QED) is 0.761. The number of hydrogen-bond acceptors (Lipinski definition) is 2. The molecule has 0 bridgehead atoms. The Kier molecular flexibility index (Phi) is 2.07. The number of phenols is 2. The highest BCUT2D eigenvalue weighted by atomic mass is 79.9. The van der Waals surface area contributed by atoms with Gasteiger partial charge < -0.3 is 10.2 Å². The number of phenolic OH excluding ortho intramolecular Hbond substituents is 2. The van der Waals surface area contributed by atoms with Crippen LogP contribution in [0.4, 0.5) is 4.39 Å². The summed E-state index contributed by atoms with van der Waals surface area (Å²) in [5.74, 6) is -1.02. The molecule has 0 aliphatic carbocycles. The molecule has 0 radical (unpaired) electrons. The SMILES string of the molecule is Oc1cc(Br)c2c(O)c(F)ccc2c1. The van der Waals surface area contributed by atoms with Crippen molar-refractivity contribution in [2.75, 3.05) is 0 Å². The molecule has 2 aromatic rings. The molecule has 0 saturated heterocycles. The number of rotatable bonds is 0. The van der Waals surface area contributed by atoms with Crippen molar-refractivity contribution < 1.29 is 14.6 Å². The van der Waals surface area contributed by atoms with Gasteiger partial charge >= 0.3 is 0 Å². The highest BCUT2D eigenvalue weighted by Gasteiger charge is 2.09. The van der Waals surface area contributed by atoms with E-state index < -0.39 is 11.6 Å². The molecular formula is C10H6BrFO2. The van der Waals surface area contributed by atoms with Gasteiger partial charge in [0, 0.05) is 9.86 Å². The van der Waals surface area contributed by atoms with Gasteiger partial charge in [0.1, 0.15) is 5.75 Å². The summed E-state index contributed by atoms with van der Waals surface area (Å²) in [5.41, 5.74) is 0. The summed E-state index contributed by atoms with van der Waals surface area (Å²) in [6, 6.07) is 5.51. The van der Waals surface area contributed by atoms with E-state index in [0.717, 1.165) is 6.07 Å². The third-order valence-corrected chi connectivity index (χ3v) is 2.60. The third-order valence-electron chi connectivity index (χ3n) is 1.98. The van der Waals surface area contributed by atoms with Crippen LogP contribution in [-0.2, 0) is 0 Å². The molecule has 0 amide bonds. The normalized spacial score (nSPS) is 10.7. The summed E-state index contributed by atoms with van der Waals surface area (Å²) < 4.78 is 13.5. The third kappa shape index (κ3) is 1.32. The lowest BCUT2D eigenvalue weighted by atomic mass is 10.1. The first-order valence-corrected chi connectivity index (χ1v) is 4.68. The van der Waals surface area contributed by atoms with Crippen molar-refractivity contribution in [2.45, 2.75) is 0 Å². The van der Waals surface area contributed by atoms with E-state index in [4.69, 9.17) is 0 Å². The topological polar surface area (TPSA) is 40.5 Å². The van der Waals surface area contributed by atoms with Crippen LogP contribution in [0.2, 0.25) is 0 Å². The minimum absolute atomic E-state index is 0.0652. The summed E-state index contributed by atoms with van der Waals surface area (Å²) in [6.07, 6.45) is 0. The summed E-state index contributed by atoms with van der Waals surface area (Å²) in [5, 5.41) is 19.7. The fourth-order valence-corrected chi connectivity index (χ4v) is 2.01. The number of fused-ring (bicyclic) bond motifs is 1. The Balaban J connectivity index is 2.95. The standard InChI is InChI=1S/C10H6BrFO2/c11-7-4-6(13)3-5-1-2-8(12)10(14)9(5)7/h1-4,13-14H. The number of benzene rings is 2. The molecule has 0 aromatic heterocycles. The summed E-state index contributed by atoms with van der Waals surface area (Å²) in [6.45, 7) is 0. The highest BCUT2D eigenvalue weighted by Crippen LogP contribution is 2.36. The number of halogens is 2. The van der Waals surface area contributed by atoms with E-state index in [1.807, 2.05) is 0 Å². The van der Waals surface area contributed by atoms with Gasteiger partial charge in [0.25, 0.3) is 0 Å². The fraction of sp³-hybridized carbons (Fsp3) is 0. The van der Waals surface area contributed by atoms with Crippen LogP contribution in [0.5, 0.6) is 11.5 Å². The molecule has 72 valence electrons. The maximum absolute atomic E-state index is 13.0. The Hall–Kier alpha value is -1.29. The maximum atomic E-state index is 13.0. The summed E-state index contributed by atoms with van der Waals surface area (Å²) in [4.78, 5) is 0. The smallest absolute Gasteiger partial charge is 0.165 e. The molecule has 14 heavy (non-hydrogen) atoms. The molecule has 2 aromatic carbocycles. The van der Waals surface area contributed by atoms with Gasteiger partial charge in [0.2, 0.25) is 0 Å². The van der Waals surface area contributed by atoms with E-state index in [1.54, 1.807) is 0 Å². The van der Waals surface area contributed by atoms with E-state index >= 15 is 0 Å². The second kappa shape index (κ2) is 3.13. The minimum atomic E-state index is -0.677. The predicted molar refractivity (Wildman–Crippen MR) is 54.9 cm³/mol. The zero-order valence-corrected chi connectivity index (χ0v) is 8.55. The molecule has 0 unspecified atom stereocenters. The second-order valence-corrected chi connectivity index (χ2v) is 3.78. The van der Waals surface area contributed by atoms with Crippen LogP contribution < -0.4 is 0 Å². The molecule has 2 N–H and O–H groups in total. The average Bonchev–Trinajstić information content (AvgIpc) is 2.10. The average molecular weight is 257 g/mol. The van der Waals surface area contributed by atoms with Gasteiger partial charge in [-0.15, -0.1) is 0 Å². The zero-order chi connectivity index (χ0) is 10.3. The van der Waals surface area contributed by atoms with Gasteiger partial charge in [-0.05, 0) is 39.5 Å². The van der Waals surface area contributed by atoms with Gasteiger partial charge in [0.15, 0.2) is 11.6 Å². The fourth-order valence-electron chi connectivity index (χ4n) is 1.36. The Morgan fingerprint density at radius 1 is 1.14 bits per heavy atom. The van der Waals surface area contributed by atoms with Crippen LogP contribution in [0.1, 0.15) is 0 Å². The summed E-state index contributed by atoms with van der Waals surface area (Å²) in [7, 11) is 0. The van der Waals surface area contributed by atoms with Gasteiger partial charge in [-0.2, -0.15) is 0 Å². The van der Waals surface area contributed by atoms with Crippen molar-refractivity contribution in [2.24, 2.45) is 0 Å². The molecule has 2 rings (SSSR count). The van der Waals surface area contributed by atoms with E-state index in [9.17, 15) is 14.6 Å². The zero-order valence-electron chi connectivity index (χ0n) is 6.96. The molecule has 4 heteroatoms. The monoisotopic (exact) mass is 256 g/mol. The van der Waals surface area contributed by atoms with Gasteiger partial charge in [-0.1, -0.05) is 6.07 Å². The van der Waals surface area contributed by atoms with E-state index in [2.05, 4.69) is 15.9 Å². The van der Waals surface area contributed by atoms with Crippen molar-refractivity contribution >= 4 is 26.7 Å². The molecule has 0 heterocycles. The van der Waals surface area contributed by atoms with Gasteiger partial charge in [0.05, 0.1) is 0 Å². The molecule has 0 aliphatic rings. The van der Waals surface area contributed by atoms with Crippen molar-refractivity contribution in [3.05, 3.63) is 34.6 Å². The maximum Gasteiger partial charge on any atom is 0.165 e.